The zero-order valence-electron chi connectivity index (χ0n) is 11.8. The first-order valence-corrected chi connectivity index (χ1v) is 6.12. The number of pyridine rings is 1. The Morgan fingerprint density at radius 1 is 1.29 bits per heavy atom. The van der Waals surface area contributed by atoms with E-state index in [4.69, 9.17) is 4.74 Å². The minimum absolute atomic E-state index is 0.0563. The quantitative estimate of drug-likeness (QED) is 0.786. The van der Waals surface area contributed by atoms with Crippen LogP contribution >= 0.6 is 0 Å². The lowest BCUT2D eigenvalue weighted by Gasteiger charge is -2.18. The van der Waals surface area contributed by atoms with Crippen molar-refractivity contribution in [2.45, 2.75) is 39.3 Å². The number of ether oxygens (including phenoxy) is 1. The van der Waals surface area contributed by atoms with E-state index in [1.165, 1.54) is 11.1 Å². The van der Waals surface area contributed by atoms with E-state index in [0.717, 1.165) is 12.2 Å². The topological polar surface area (TPSA) is 25.4 Å². The van der Waals surface area contributed by atoms with Gasteiger partial charge in [0.1, 0.15) is 0 Å². The van der Waals surface area contributed by atoms with Gasteiger partial charge in [-0.2, -0.15) is 0 Å². The Morgan fingerprint density at radius 2 is 1.94 bits per heavy atom. The minimum atomic E-state index is 0.0563. The van der Waals surface area contributed by atoms with Gasteiger partial charge in [0.2, 0.25) is 0 Å². The number of hydrogen-bond acceptors (Lipinski definition) is 3. The molecule has 3 heteroatoms. The zero-order chi connectivity index (χ0) is 13.0. The Morgan fingerprint density at radius 3 is 2.41 bits per heavy atom. The van der Waals surface area contributed by atoms with Crippen molar-refractivity contribution in [1.82, 2.24) is 9.88 Å². The first-order valence-electron chi connectivity index (χ1n) is 6.12. The molecule has 0 bridgehead atoms. The van der Waals surface area contributed by atoms with Gasteiger partial charge in [-0.3, -0.25) is 4.98 Å². The van der Waals surface area contributed by atoms with E-state index in [0.29, 0.717) is 5.92 Å². The normalized spacial score (nSPS) is 13.4. The molecule has 1 rings (SSSR count). The van der Waals surface area contributed by atoms with E-state index in [1.54, 1.807) is 7.11 Å². The fourth-order valence-electron chi connectivity index (χ4n) is 1.90. The smallest absolute Gasteiger partial charge is 0.0965 e. The standard InChI is InChI=1S/C14H24N2O/c1-10(2)13-7-12(9-16(4)5)8-15-14(13)11(3)17-6/h7-8,10-11H,9H2,1-6H3. The van der Waals surface area contributed by atoms with Crippen molar-refractivity contribution in [2.75, 3.05) is 21.2 Å². The molecule has 3 nitrogen and oxygen atoms in total. The number of aromatic nitrogens is 1. The summed E-state index contributed by atoms with van der Waals surface area (Å²) in [6.45, 7) is 7.36. The van der Waals surface area contributed by atoms with Crippen LogP contribution in [0, 0.1) is 0 Å². The van der Waals surface area contributed by atoms with E-state index >= 15 is 0 Å². The van der Waals surface area contributed by atoms with Gasteiger partial charge in [-0.25, -0.2) is 0 Å². The summed E-state index contributed by atoms with van der Waals surface area (Å²) < 4.78 is 5.38. The second-order valence-corrected chi connectivity index (χ2v) is 5.09. The van der Waals surface area contributed by atoms with Gasteiger partial charge in [0, 0.05) is 19.9 Å². The molecular formula is C14H24N2O. The molecule has 1 aromatic rings. The second-order valence-electron chi connectivity index (χ2n) is 5.09. The van der Waals surface area contributed by atoms with Crippen LogP contribution in [0.1, 0.15) is 49.6 Å². The SMILES string of the molecule is COC(C)c1ncc(CN(C)C)cc1C(C)C. The van der Waals surface area contributed by atoms with Crippen LogP contribution < -0.4 is 0 Å². The summed E-state index contributed by atoms with van der Waals surface area (Å²) in [7, 11) is 5.87. The van der Waals surface area contributed by atoms with Crippen LogP contribution in [-0.2, 0) is 11.3 Å². The Balaban J connectivity index is 3.08. The maximum atomic E-state index is 5.38. The third kappa shape index (κ3) is 3.79. The third-order valence-corrected chi connectivity index (χ3v) is 2.87. The summed E-state index contributed by atoms with van der Waals surface area (Å²) in [6, 6.07) is 2.25. The lowest BCUT2D eigenvalue weighted by molar-refractivity contribution is 0.115. The average Bonchev–Trinajstić information content (AvgIpc) is 2.27. The number of nitrogens with zero attached hydrogens (tertiary/aromatic N) is 2. The molecule has 0 aliphatic carbocycles. The van der Waals surface area contributed by atoms with Crippen LogP contribution in [-0.4, -0.2) is 31.1 Å². The molecular weight excluding hydrogens is 212 g/mol. The first kappa shape index (κ1) is 14.1. The molecule has 0 aliphatic heterocycles. The van der Waals surface area contributed by atoms with Crippen molar-refractivity contribution >= 4 is 0 Å². The molecule has 0 spiro atoms. The summed E-state index contributed by atoms with van der Waals surface area (Å²) in [5.74, 6) is 0.470. The van der Waals surface area contributed by atoms with E-state index in [2.05, 4.69) is 43.9 Å². The highest BCUT2D eigenvalue weighted by Gasteiger charge is 2.15. The first-order chi connectivity index (χ1) is 7.95. The highest BCUT2D eigenvalue weighted by molar-refractivity contribution is 5.29. The molecule has 96 valence electrons. The summed E-state index contributed by atoms with van der Waals surface area (Å²) in [4.78, 5) is 6.73. The summed E-state index contributed by atoms with van der Waals surface area (Å²) >= 11 is 0. The van der Waals surface area contributed by atoms with Gasteiger partial charge in [0.05, 0.1) is 11.8 Å². The monoisotopic (exact) mass is 236 g/mol. The third-order valence-electron chi connectivity index (χ3n) is 2.87. The fraction of sp³-hybridized carbons (Fsp3) is 0.643. The van der Waals surface area contributed by atoms with Gasteiger partial charge in [-0.1, -0.05) is 19.9 Å². The second kappa shape index (κ2) is 6.12. The average molecular weight is 236 g/mol. The largest absolute Gasteiger partial charge is 0.375 e. The van der Waals surface area contributed by atoms with Gasteiger partial charge in [0.25, 0.3) is 0 Å². The van der Waals surface area contributed by atoms with E-state index in [9.17, 15) is 0 Å². The summed E-state index contributed by atoms with van der Waals surface area (Å²) in [6.07, 6.45) is 2.01. The van der Waals surface area contributed by atoms with Crippen LogP contribution in [0.5, 0.6) is 0 Å². The highest BCUT2D eigenvalue weighted by Crippen LogP contribution is 2.25. The predicted molar refractivity (Wildman–Crippen MR) is 71.1 cm³/mol. The van der Waals surface area contributed by atoms with Gasteiger partial charge in [-0.15, -0.1) is 0 Å². The molecule has 0 saturated heterocycles. The summed E-state index contributed by atoms with van der Waals surface area (Å²) in [5.41, 5.74) is 3.61. The van der Waals surface area contributed by atoms with E-state index in [-0.39, 0.29) is 6.10 Å². The van der Waals surface area contributed by atoms with Crippen LogP contribution in [0.4, 0.5) is 0 Å². The Kier molecular flexibility index (Phi) is 5.09. The Hall–Kier alpha value is -0.930. The number of methoxy groups -OCH3 is 1. The molecule has 1 unspecified atom stereocenters. The van der Waals surface area contributed by atoms with Gasteiger partial charge >= 0.3 is 0 Å². The molecule has 0 saturated carbocycles. The van der Waals surface area contributed by atoms with Crippen molar-refractivity contribution in [3.05, 3.63) is 29.1 Å². The molecule has 0 aromatic carbocycles. The predicted octanol–water partition coefficient (Wildman–Crippen LogP) is 2.97. The Labute approximate surface area is 105 Å². The van der Waals surface area contributed by atoms with Crippen molar-refractivity contribution in [2.24, 2.45) is 0 Å². The molecule has 0 N–H and O–H groups in total. The molecule has 0 amide bonds. The van der Waals surface area contributed by atoms with Crippen molar-refractivity contribution in [3.8, 4) is 0 Å². The van der Waals surface area contributed by atoms with Crippen LogP contribution in [0.25, 0.3) is 0 Å². The number of hydrogen-bond donors (Lipinski definition) is 0. The zero-order valence-corrected chi connectivity index (χ0v) is 11.8. The lowest BCUT2D eigenvalue weighted by atomic mass is 9.97. The van der Waals surface area contributed by atoms with E-state index < -0.39 is 0 Å². The minimum Gasteiger partial charge on any atom is -0.375 e. The van der Waals surface area contributed by atoms with Crippen molar-refractivity contribution in [1.29, 1.82) is 0 Å². The lowest BCUT2D eigenvalue weighted by Crippen LogP contribution is -2.13. The molecule has 0 fully saturated rings. The molecule has 0 aliphatic rings. The highest BCUT2D eigenvalue weighted by atomic mass is 16.5. The van der Waals surface area contributed by atoms with Crippen molar-refractivity contribution < 1.29 is 4.74 Å². The maximum absolute atomic E-state index is 5.38. The number of rotatable bonds is 5. The summed E-state index contributed by atoms with van der Waals surface area (Å²) in [5, 5.41) is 0. The maximum Gasteiger partial charge on any atom is 0.0965 e. The molecule has 0 radical (unpaired) electrons. The molecule has 1 heterocycles. The molecule has 1 atom stereocenters. The Bertz CT molecular complexity index is 361. The van der Waals surface area contributed by atoms with Gasteiger partial charge < -0.3 is 9.64 Å². The van der Waals surface area contributed by atoms with Gasteiger partial charge in [0.15, 0.2) is 0 Å². The van der Waals surface area contributed by atoms with E-state index in [1.807, 2.05) is 13.1 Å². The van der Waals surface area contributed by atoms with Crippen molar-refractivity contribution in [3.63, 3.8) is 0 Å². The van der Waals surface area contributed by atoms with Crippen LogP contribution in [0.3, 0.4) is 0 Å². The van der Waals surface area contributed by atoms with Gasteiger partial charge in [-0.05, 0) is 38.1 Å². The van der Waals surface area contributed by atoms with Crippen LogP contribution in [0.2, 0.25) is 0 Å². The van der Waals surface area contributed by atoms with Crippen LogP contribution in [0.15, 0.2) is 12.3 Å². The molecule has 1 aromatic heterocycles. The fourth-order valence-corrected chi connectivity index (χ4v) is 1.90. The molecule has 17 heavy (non-hydrogen) atoms.